The highest BCUT2D eigenvalue weighted by atomic mass is 19.2. The number of hydrogen-bond donors (Lipinski definition) is 2. The molecule has 1 amide bonds. The molecule has 5 nitrogen and oxygen atoms in total. The lowest BCUT2D eigenvalue weighted by atomic mass is 10.1. The molecule has 1 heterocycles. The molecule has 3 aromatic rings. The van der Waals surface area contributed by atoms with Gasteiger partial charge in [0.1, 0.15) is 11.5 Å². The van der Waals surface area contributed by atoms with Crippen LogP contribution in [0.1, 0.15) is 21.5 Å². The third-order valence-electron chi connectivity index (χ3n) is 3.94. The number of aromatic nitrogens is 1. The molecule has 2 aromatic carbocycles. The van der Waals surface area contributed by atoms with Gasteiger partial charge in [-0.15, -0.1) is 0 Å². The predicted octanol–water partition coefficient (Wildman–Crippen LogP) is 4.10. The van der Waals surface area contributed by atoms with E-state index in [0.29, 0.717) is 16.7 Å². The van der Waals surface area contributed by atoms with Gasteiger partial charge < -0.3 is 15.2 Å². The average Bonchev–Trinajstić information content (AvgIpc) is 2.66. The Kier molecular flexibility index (Phi) is 5.30. The number of halogens is 2. The van der Waals surface area contributed by atoms with Crippen molar-refractivity contribution in [3.8, 4) is 17.4 Å². The van der Waals surface area contributed by atoms with Crippen LogP contribution in [0.25, 0.3) is 0 Å². The van der Waals surface area contributed by atoms with E-state index in [-0.39, 0.29) is 29.8 Å². The molecule has 0 bridgehead atoms. The highest BCUT2D eigenvalue weighted by molar-refractivity contribution is 5.96. The summed E-state index contributed by atoms with van der Waals surface area (Å²) in [6.07, 6.45) is 1.49. The number of phenolic OH excluding ortho intramolecular Hbond substituents is 1. The Morgan fingerprint density at radius 2 is 1.96 bits per heavy atom. The molecule has 0 atom stereocenters. The number of nitrogens with zero attached hydrogens (tertiary/aromatic N) is 1. The third kappa shape index (κ3) is 4.20. The number of amides is 1. The molecule has 1 aromatic heterocycles. The van der Waals surface area contributed by atoms with E-state index >= 15 is 0 Å². The lowest BCUT2D eigenvalue weighted by Gasteiger charge is -2.12. The maximum Gasteiger partial charge on any atom is 0.251 e. The van der Waals surface area contributed by atoms with Gasteiger partial charge in [-0.25, -0.2) is 13.8 Å². The zero-order valence-corrected chi connectivity index (χ0v) is 14.4. The topological polar surface area (TPSA) is 71.5 Å². The van der Waals surface area contributed by atoms with E-state index in [2.05, 4.69) is 10.3 Å². The Morgan fingerprint density at radius 3 is 2.74 bits per heavy atom. The molecule has 0 aliphatic rings. The fourth-order valence-electron chi connectivity index (χ4n) is 2.44. The maximum absolute atomic E-state index is 13.3. The van der Waals surface area contributed by atoms with Crippen molar-refractivity contribution in [1.29, 1.82) is 0 Å². The Labute approximate surface area is 154 Å². The van der Waals surface area contributed by atoms with Crippen molar-refractivity contribution in [3.63, 3.8) is 0 Å². The SMILES string of the molecule is Cc1c(O)cccc1C(=O)NCc1cccnc1Oc1ccc(F)c(F)c1. The molecule has 27 heavy (non-hydrogen) atoms. The fraction of sp³-hybridized carbons (Fsp3) is 0.100. The van der Waals surface area contributed by atoms with Gasteiger partial charge >= 0.3 is 0 Å². The molecule has 3 rings (SSSR count). The van der Waals surface area contributed by atoms with Gasteiger partial charge in [0.05, 0.1) is 0 Å². The van der Waals surface area contributed by atoms with Crippen LogP contribution >= 0.6 is 0 Å². The number of hydrogen-bond acceptors (Lipinski definition) is 4. The Balaban J connectivity index is 1.75. The second-order valence-electron chi connectivity index (χ2n) is 5.78. The van der Waals surface area contributed by atoms with Crippen molar-refractivity contribution in [1.82, 2.24) is 10.3 Å². The smallest absolute Gasteiger partial charge is 0.251 e. The van der Waals surface area contributed by atoms with Gasteiger partial charge in [-0.3, -0.25) is 4.79 Å². The number of phenols is 1. The van der Waals surface area contributed by atoms with Gasteiger partial charge in [0, 0.05) is 35.5 Å². The second kappa shape index (κ2) is 7.82. The summed E-state index contributed by atoms with van der Waals surface area (Å²) in [6, 6.07) is 11.2. The van der Waals surface area contributed by atoms with Gasteiger partial charge in [0.15, 0.2) is 11.6 Å². The van der Waals surface area contributed by atoms with Crippen LogP contribution in [0.2, 0.25) is 0 Å². The van der Waals surface area contributed by atoms with Gasteiger partial charge in [-0.1, -0.05) is 12.1 Å². The highest BCUT2D eigenvalue weighted by Crippen LogP contribution is 2.25. The lowest BCUT2D eigenvalue weighted by molar-refractivity contribution is 0.0949. The number of pyridine rings is 1. The second-order valence-corrected chi connectivity index (χ2v) is 5.78. The largest absolute Gasteiger partial charge is 0.508 e. The minimum atomic E-state index is -1.03. The van der Waals surface area contributed by atoms with Crippen LogP contribution in [0.5, 0.6) is 17.4 Å². The molecule has 0 saturated heterocycles. The number of carbonyl (C=O) groups is 1. The number of ether oxygens (including phenoxy) is 1. The number of rotatable bonds is 5. The average molecular weight is 370 g/mol. The summed E-state index contributed by atoms with van der Waals surface area (Å²) in [4.78, 5) is 16.4. The molecule has 7 heteroatoms. The van der Waals surface area contributed by atoms with E-state index < -0.39 is 11.6 Å². The quantitative estimate of drug-likeness (QED) is 0.709. The summed E-state index contributed by atoms with van der Waals surface area (Å²) >= 11 is 0. The zero-order valence-electron chi connectivity index (χ0n) is 14.4. The molecule has 0 saturated carbocycles. The number of aromatic hydroxyl groups is 1. The first kappa shape index (κ1) is 18.3. The van der Waals surface area contributed by atoms with Crippen molar-refractivity contribution < 1.29 is 23.4 Å². The van der Waals surface area contributed by atoms with Gasteiger partial charge in [-0.2, -0.15) is 0 Å². The van der Waals surface area contributed by atoms with Crippen LogP contribution in [0, 0.1) is 18.6 Å². The van der Waals surface area contributed by atoms with E-state index in [0.717, 1.165) is 12.1 Å². The fourth-order valence-corrected chi connectivity index (χ4v) is 2.44. The molecular weight excluding hydrogens is 354 g/mol. The Bertz CT molecular complexity index is 993. The first-order chi connectivity index (χ1) is 13.0. The zero-order chi connectivity index (χ0) is 19.4. The van der Waals surface area contributed by atoms with Crippen LogP contribution in [-0.4, -0.2) is 16.0 Å². The minimum absolute atomic E-state index is 0.0337. The van der Waals surface area contributed by atoms with Crippen LogP contribution in [0.4, 0.5) is 8.78 Å². The van der Waals surface area contributed by atoms with Crippen LogP contribution in [-0.2, 0) is 6.54 Å². The molecule has 0 aliphatic carbocycles. The summed E-state index contributed by atoms with van der Waals surface area (Å²) in [5.74, 6) is -2.09. The number of carbonyl (C=O) groups excluding carboxylic acids is 1. The van der Waals surface area contributed by atoms with Crippen molar-refractivity contribution in [3.05, 3.63) is 83.1 Å². The molecule has 0 fully saturated rings. The van der Waals surface area contributed by atoms with Gasteiger partial charge in [0.2, 0.25) is 5.88 Å². The van der Waals surface area contributed by atoms with Crippen LogP contribution in [0.15, 0.2) is 54.7 Å². The summed E-state index contributed by atoms with van der Waals surface area (Å²) in [5.41, 5.74) is 1.37. The predicted molar refractivity (Wildman–Crippen MR) is 94.7 cm³/mol. The molecule has 2 N–H and O–H groups in total. The van der Waals surface area contributed by atoms with Crippen molar-refractivity contribution in [2.45, 2.75) is 13.5 Å². The maximum atomic E-state index is 13.3. The normalized spacial score (nSPS) is 10.5. The standard InChI is InChI=1S/C20H16F2N2O3/c1-12-15(5-2-6-18(12)25)19(26)24-11-13-4-3-9-23-20(13)27-14-7-8-16(21)17(22)10-14/h2-10,25H,11H2,1H3,(H,24,26). The summed E-state index contributed by atoms with van der Waals surface area (Å²) < 4.78 is 31.9. The van der Waals surface area contributed by atoms with Crippen molar-refractivity contribution in [2.75, 3.05) is 0 Å². The third-order valence-corrected chi connectivity index (χ3v) is 3.94. The van der Waals surface area contributed by atoms with E-state index in [1.54, 1.807) is 31.2 Å². The van der Waals surface area contributed by atoms with E-state index in [9.17, 15) is 18.7 Å². The summed E-state index contributed by atoms with van der Waals surface area (Å²) in [5, 5.41) is 12.4. The first-order valence-electron chi connectivity index (χ1n) is 8.09. The van der Waals surface area contributed by atoms with E-state index in [1.807, 2.05) is 0 Å². The van der Waals surface area contributed by atoms with Crippen molar-refractivity contribution >= 4 is 5.91 Å². The van der Waals surface area contributed by atoms with E-state index in [4.69, 9.17) is 4.74 Å². The van der Waals surface area contributed by atoms with Gasteiger partial charge in [-0.05, 0) is 37.3 Å². The summed E-state index contributed by atoms with van der Waals surface area (Å²) in [6.45, 7) is 1.74. The molecule has 0 unspecified atom stereocenters. The number of benzene rings is 2. The molecule has 0 spiro atoms. The van der Waals surface area contributed by atoms with Crippen LogP contribution < -0.4 is 10.1 Å². The Hall–Kier alpha value is -3.48. The first-order valence-corrected chi connectivity index (χ1v) is 8.09. The van der Waals surface area contributed by atoms with Crippen LogP contribution in [0.3, 0.4) is 0 Å². The number of nitrogens with one attached hydrogen (secondary N) is 1. The molecule has 138 valence electrons. The molecule has 0 aliphatic heterocycles. The highest BCUT2D eigenvalue weighted by Gasteiger charge is 2.13. The lowest BCUT2D eigenvalue weighted by Crippen LogP contribution is -2.24. The summed E-state index contributed by atoms with van der Waals surface area (Å²) in [7, 11) is 0. The molecule has 0 radical (unpaired) electrons. The van der Waals surface area contributed by atoms with E-state index in [1.165, 1.54) is 18.3 Å². The monoisotopic (exact) mass is 370 g/mol. The minimum Gasteiger partial charge on any atom is -0.508 e. The van der Waals surface area contributed by atoms with Gasteiger partial charge in [0.25, 0.3) is 5.91 Å². The Morgan fingerprint density at radius 1 is 1.15 bits per heavy atom. The van der Waals surface area contributed by atoms with Crippen molar-refractivity contribution in [2.24, 2.45) is 0 Å². The molecular formula is C20H16F2N2O3.